The van der Waals surface area contributed by atoms with Gasteiger partial charge in [0, 0.05) is 11.1 Å². The van der Waals surface area contributed by atoms with Crippen LogP contribution in [0.25, 0.3) is 10.2 Å². The summed E-state index contributed by atoms with van der Waals surface area (Å²) in [5.41, 5.74) is 4.20. The van der Waals surface area contributed by atoms with Crippen LogP contribution in [0.1, 0.15) is 15.9 Å². The van der Waals surface area contributed by atoms with Crippen LogP contribution in [0.2, 0.25) is 0 Å². The second kappa shape index (κ2) is 4.23. The van der Waals surface area contributed by atoms with Gasteiger partial charge in [0.15, 0.2) is 0 Å². The monoisotopic (exact) mass is 258 g/mol. The highest BCUT2D eigenvalue weighted by Gasteiger charge is 2.10. The number of H-pyrrole nitrogens is 1. The smallest absolute Gasteiger partial charge is 0.256 e. The average molecular weight is 258 g/mol. The first-order valence-corrected chi connectivity index (χ1v) is 6.26. The fraction of sp³-hybridized carbons (Fsp3) is 0.0833. The van der Waals surface area contributed by atoms with Crippen LogP contribution in [0.15, 0.2) is 29.9 Å². The van der Waals surface area contributed by atoms with E-state index in [0.717, 1.165) is 15.8 Å². The van der Waals surface area contributed by atoms with Crippen LogP contribution in [0, 0.1) is 6.92 Å². The molecule has 2 N–H and O–H groups in total. The van der Waals surface area contributed by atoms with Crippen LogP contribution < -0.4 is 5.32 Å². The van der Waals surface area contributed by atoms with Crippen molar-refractivity contribution in [2.75, 3.05) is 5.32 Å². The lowest BCUT2D eigenvalue weighted by Gasteiger charge is -2.03. The second-order valence-electron chi connectivity index (χ2n) is 3.92. The maximum absolute atomic E-state index is 12.1. The summed E-state index contributed by atoms with van der Waals surface area (Å²) in [4.78, 5) is 16.2. The molecule has 2 aromatic heterocycles. The zero-order valence-electron chi connectivity index (χ0n) is 9.60. The Balaban J connectivity index is 1.89. The maximum atomic E-state index is 12.1. The highest BCUT2D eigenvalue weighted by molar-refractivity contribution is 7.16. The average Bonchev–Trinajstić information content (AvgIpc) is 2.98. The molecule has 0 fully saturated rings. The Morgan fingerprint density at radius 2 is 2.33 bits per heavy atom. The van der Waals surface area contributed by atoms with Crippen LogP contribution in [-0.2, 0) is 0 Å². The Labute approximate surface area is 107 Å². The minimum atomic E-state index is -0.155. The number of nitrogens with zero attached hydrogens (tertiary/aromatic N) is 2. The fourth-order valence-corrected chi connectivity index (χ4v) is 2.37. The van der Waals surface area contributed by atoms with Crippen molar-refractivity contribution in [2.45, 2.75) is 6.92 Å². The van der Waals surface area contributed by atoms with E-state index in [9.17, 15) is 4.79 Å². The van der Waals surface area contributed by atoms with E-state index >= 15 is 0 Å². The molecule has 6 heteroatoms. The summed E-state index contributed by atoms with van der Waals surface area (Å²) in [5.74, 6) is 0.474. The van der Waals surface area contributed by atoms with Crippen LogP contribution in [0.5, 0.6) is 0 Å². The molecular weight excluding hydrogens is 248 g/mol. The summed E-state index contributed by atoms with van der Waals surface area (Å²) >= 11 is 1.52. The van der Waals surface area contributed by atoms with E-state index in [-0.39, 0.29) is 5.91 Å². The Hall–Kier alpha value is -2.21. The summed E-state index contributed by atoms with van der Waals surface area (Å²) in [5, 5.41) is 9.40. The normalized spacial score (nSPS) is 10.7. The number of amides is 1. The van der Waals surface area contributed by atoms with Gasteiger partial charge in [0.1, 0.15) is 5.82 Å². The third kappa shape index (κ3) is 1.86. The van der Waals surface area contributed by atoms with Crippen molar-refractivity contribution in [1.82, 2.24) is 15.2 Å². The summed E-state index contributed by atoms with van der Waals surface area (Å²) in [6, 6.07) is 5.46. The molecule has 0 unspecified atom stereocenters. The molecule has 1 amide bonds. The Morgan fingerprint density at radius 3 is 3.11 bits per heavy atom. The molecule has 3 rings (SSSR count). The van der Waals surface area contributed by atoms with Gasteiger partial charge in [-0.1, -0.05) is 0 Å². The molecule has 0 aliphatic rings. The number of benzene rings is 1. The summed E-state index contributed by atoms with van der Waals surface area (Å²) in [6.45, 7) is 1.88. The number of rotatable bonds is 2. The molecule has 90 valence electrons. The van der Waals surface area contributed by atoms with Crippen molar-refractivity contribution in [2.24, 2.45) is 0 Å². The lowest BCUT2D eigenvalue weighted by atomic mass is 10.2. The summed E-state index contributed by atoms with van der Waals surface area (Å²) in [6.07, 6.45) is 1.67. The van der Waals surface area contributed by atoms with Gasteiger partial charge in [0.05, 0.1) is 21.9 Å². The molecule has 0 bridgehead atoms. The van der Waals surface area contributed by atoms with E-state index < -0.39 is 0 Å². The number of fused-ring (bicyclic) bond motifs is 1. The number of carbonyl (C=O) groups excluding carboxylic acids is 1. The van der Waals surface area contributed by atoms with Gasteiger partial charge >= 0.3 is 0 Å². The van der Waals surface area contributed by atoms with Crippen LogP contribution in [0.4, 0.5) is 5.82 Å². The quantitative estimate of drug-likeness (QED) is 0.742. The van der Waals surface area contributed by atoms with E-state index in [2.05, 4.69) is 20.5 Å². The van der Waals surface area contributed by atoms with Crippen molar-refractivity contribution in [3.05, 3.63) is 41.0 Å². The van der Waals surface area contributed by atoms with Crippen LogP contribution in [-0.4, -0.2) is 21.1 Å². The van der Waals surface area contributed by atoms with Gasteiger partial charge in [0.2, 0.25) is 0 Å². The zero-order valence-corrected chi connectivity index (χ0v) is 10.4. The SMILES string of the molecule is Cc1cn[nH]c1NC(=O)c1ccc2ncsc2c1. The molecule has 0 aliphatic heterocycles. The number of hydrogen-bond donors (Lipinski definition) is 2. The first kappa shape index (κ1) is 10.9. The van der Waals surface area contributed by atoms with Gasteiger partial charge in [0.25, 0.3) is 5.91 Å². The zero-order chi connectivity index (χ0) is 12.5. The van der Waals surface area contributed by atoms with Gasteiger partial charge in [-0.05, 0) is 25.1 Å². The van der Waals surface area contributed by atoms with Gasteiger partial charge < -0.3 is 5.32 Å². The van der Waals surface area contributed by atoms with Crippen molar-refractivity contribution >= 4 is 33.3 Å². The third-order valence-corrected chi connectivity index (χ3v) is 3.45. The van der Waals surface area contributed by atoms with E-state index in [4.69, 9.17) is 0 Å². The molecule has 1 aromatic carbocycles. The molecule has 0 saturated carbocycles. The minimum Gasteiger partial charge on any atom is -0.307 e. The van der Waals surface area contributed by atoms with Crippen LogP contribution in [0.3, 0.4) is 0 Å². The number of thiazole rings is 1. The third-order valence-electron chi connectivity index (χ3n) is 2.66. The molecule has 0 atom stereocenters. The fourth-order valence-electron chi connectivity index (χ4n) is 1.65. The van der Waals surface area contributed by atoms with E-state index in [1.807, 2.05) is 19.1 Å². The molecule has 0 radical (unpaired) electrons. The van der Waals surface area contributed by atoms with Gasteiger partial charge in [-0.15, -0.1) is 11.3 Å². The number of nitrogens with one attached hydrogen (secondary N) is 2. The molecule has 0 aliphatic carbocycles. The Bertz CT molecular complexity index is 716. The highest BCUT2D eigenvalue weighted by atomic mass is 32.1. The Morgan fingerprint density at radius 1 is 1.44 bits per heavy atom. The lowest BCUT2D eigenvalue weighted by Crippen LogP contribution is -2.12. The van der Waals surface area contributed by atoms with E-state index in [1.54, 1.807) is 17.8 Å². The molecule has 0 spiro atoms. The minimum absolute atomic E-state index is 0.155. The standard InChI is InChI=1S/C12H10N4OS/c1-7-5-14-16-11(7)15-12(17)8-2-3-9-10(4-8)18-6-13-9/h2-6H,1H3,(H2,14,15,16,17). The lowest BCUT2D eigenvalue weighted by molar-refractivity contribution is 0.102. The molecule has 3 aromatic rings. The second-order valence-corrected chi connectivity index (χ2v) is 4.80. The molecule has 2 heterocycles. The molecule has 18 heavy (non-hydrogen) atoms. The number of anilines is 1. The summed E-state index contributed by atoms with van der Waals surface area (Å²) in [7, 11) is 0. The van der Waals surface area contributed by atoms with Gasteiger partial charge in [-0.3, -0.25) is 9.89 Å². The topological polar surface area (TPSA) is 70.7 Å². The number of aromatic amines is 1. The number of aromatic nitrogens is 3. The van der Waals surface area contributed by atoms with E-state index in [1.165, 1.54) is 11.3 Å². The first-order chi connectivity index (χ1) is 8.74. The Kier molecular flexibility index (Phi) is 2.56. The van der Waals surface area contributed by atoms with Crippen LogP contribution >= 0.6 is 11.3 Å². The van der Waals surface area contributed by atoms with Crippen molar-refractivity contribution in [3.8, 4) is 0 Å². The highest BCUT2D eigenvalue weighted by Crippen LogP contribution is 2.20. The predicted molar refractivity (Wildman–Crippen MR) is 70.9 cm³/mol. The van der Waals surface area contributed by atoms with E-state index in [0.29, 0.717) is 11.4 Å². The molecule has 5 nitrogen and oxygen atoms in total. The maximum Gasteiger partial charge on any atom is 0.256 e. The number of aryl methyl sites for hydroxylation is 1. The first-order valence-electron chi connectivity index (χ1n) is 5.38. The molecule has 0 saturated heterocycles. The van der Waals surface area contributed by atoms with Gasteiger partial charge in [-0.25, -0.2) is 4.98 Å². The van der Waals surface area contributed by atoms with Crippen molar-refractivity contribution < 1.29 is 4.79 Å². The molecular formula is C12H10N4OS. The van der Waals surface area contributed by atoms with Crippen molar-refractivity contribution in [3.63, 3.8) is 0 Å². The van der Waals surface area contributed by atoms with Crippen molar-refractivity contribution in [1.29, 1.82) is 0 Å². The number of carbonyl (C=O) groups is 1. The predicted octanol–water partition coefficient (Wildman–Crippen LogP) is 2.58. The van der Waals surface area contributed by atoms with Gasteiger partial charge in [-0.2, -0.15) is 5.10 Å². The summed E-state index contributed by atoms with van der Waals surface area (Å²) < 4.78 is 1.00. The largest absolute Gasteiger partial charge is 0.307 e. The number of hydrogen-bond acceptors (Lipinski definition) is 4.